The third-order valence-corrected chi connectivity index (χ3v) is 6.34. The van der Waals surface area contributed by atoms with Crippen molar-refractivity contribution in [3.05, 3.63) is 36.0 Å². The smallest absolute Gasteiger partial charge is 0.303 e. The maximum Gasteiger partial charge on any atom is 0.303 e. The van der Waals surface area contributed by atoms with E-state index in [9.17, 15) is 14.7 Å². The monoisotopic (exact) mass is 463 g/mol. The minimum Gasteiger partial charge on any atom is -0.459 e. The number of rotatable bonds is 9. The molecule has 2 rings (SSSR count). The zero-order valence-electron chi connectivity index (χ0n) is 20.7. The lowest BCUT2D eigenvalue weighted by atomic mass is 9.88. The normalized spacial score (nSPS) is 32.1. The summed E-state index contributed by atoms with van der Waals surface area (Å²) >= 11 is 0. The number of aliphatic hydroxyl groups is 1. The number of nitrogens with one attached hydrogen (secondary N) is 1. The lowest BCUT2D eigenvalue weighted by Gasteiger charge is -2.39. The fraction of sp³-hybridized carbons (Fsp3) is 0.692. The quantitative estimate of drug-likeness (QED) is 0.309. The number of amides is 1. The van der Waals surface area contributed by atoms with Crippen LogP contribution in [0.15, 0.2) is 36.0 Å². The van der Waals surface area contributed by atoms with Crippen molar-refractivity contribution < 1.29 is 28.9 Å². The SMILES string of the molecule is CC(=O)OC(C)/C=C\C(=O)NC1C[C@H](C)[C@H](C/C=C(C)/C=C/[C@@H]2CC(CO)CCO2)OC1C. The first-order chi connectivity index (χ1) is 15.7. The lowest BCUT2D eigenvalue weighted by Crippen LogP contribution is -2.50. The molecule has 186 valence electrons. The molecule has 7 heteroatoms. The highest BCUT2D eigenvalue weighted by Gasteiger charge is 2.33. The Morgan fingerprint density at radius 1 is 1.21 bits per heavy atom. The molecular formula is C26H41NO6. The van der Waals surface area contributed by atoms with Crippen LogP contribution < -0.4 is 5.32 Å². The van der Waals surface area contributed by atoms with E-state index in [-0.39, 0.29) is 42.8 Å². The fourth-order valence-electron chi connectivity index (χ4n) is 4.30. The summed E-state index contributed by atoms with van der Waals surface area (Å²) in [6.07, 6.45) is 12.4. The number of allylic oxidation sites excluding steroid dienone is 2. The van der Waals surface area contributed by atoms with Crippen LogP contribution in [0.5, 0.6) is 0 Å². The largest absolute Gasteiger partial charge is 0.459 e. The molecule has 0 radical (unpaired) electrons. The summed E-state index contributed by atoms with van der Waals surface area (Å²) in [7, 11) is 0. The van der Waals surface area contributed by atoms with Crippen molar-refractivity contribution in [2.24, 2.45) is 11.8 Å². The molecule has 0 aromatic rings. The summed E-state index contributed by atoms with van der Waals surface area (Å²) < 4.78 is 17.0. The van der Waals surface area contributed by atoms with Crippen molar-refractivity contribution in [1.29, 1.82) is 0 Å². The molecule has 0 bridgehead atoms. The molecule has 0 aliphatic carbocycles. The van der Waals surface area contributed by atoms with Crippen molar-refractivity contribution in [2.75, 3.05) is 13.2 Å². The van der Waals surface area contributed by atoms with Crippen LogP contribution in [0.3, 0.4) is 0 Å². The molecule has 33 heavy (non-hydrogen) atoms. The maximum absolute atomic E-state index is 12.3. The van der Waals surface area contributed by atoms with Crippen molar-refractivity contribution in [2.45, 2.75) is 90.8 Å². The van der Waals surface area contributed by atoms with Crippen LogP contribution in [0.2, 0.25) is 0 Å². The minimum atomic E-state index is -0.443. The number of aliphatic hydroxyl groups excluding tert-OH is 1. The molecule has 7 nitrogen and oxygen atoms in total. The minimum absolute atomic E-state index is 0.0645. The van der Waals surface area contributed by atoms with Crippen molar-refractivity contribution in [3.63, 3.8) is 0 Å². The molecule has 2 aliphatic rings. The Morgan fingerprint density at radius 3 is 2.67 bits per heavy atom. The number of carbonyl (C=O) groups excluding carboxylic acids is 2. The van der Waals surface area contributed by atoms with E-state index in [0.717, 1.165) is 31.3 Å². The number of carbonyl (C=O) groups is 2. The highest BCUT2D eigenvalue weighted by atomic mass is 16.5. The highest BCUT2D eigenvalue weighted by Crippen LogP contribution is 2.28. The second-order valence-corrected chi connectivity index (χ2v) is 9.41. The van der Waals surface area contributed by atoms with Gasteiger partial charge >= 0.3 is 5.97 Å². The van der Waals surface area contributed by atoms with Crippen LogP contribution in [-0.2, 0) is 23.8 Å². The fourth-order valence-corrected chi connectivity index (χ4v) is 4.30. The van der Waals surface area contributed by atoms with Crippen LogP contribution in [-0.4, -0.2) is 60.7 Å². The van der Waals surface area contributed by atoms with E-state index in [1.807, 2.05) is 6.92 Å². The van der Waals surface area contributed by atoms with Crippen LogP contribution >= 0.6 is 0 Å². The van der Waals surface area contributed by atoms with Gasteiger partial charge in [0.15, 0.2) is 0 Å². The van der Waals surface area contributed by atoms with Crippen molar-refractivity contribution >= 4 is 11.9 Å². The number of esters is 1. The van der Waals surface area contributed by atoms with Gasteiger partial charge in [-0.05, 0) is 64.4 Å². The predicted molar refractivity (Wildman–Crippen MR) is 127 cm³/mol. The van der Waals surface area contributed by atoms with E-state index in [0.29, 0.717) is 18.4 Å². The topological polar surface area (TPSA) is 94.1 Å². The zero-order chi connectivity index (χ0) is 24.4. The van der Waals surface area contributed by atoms with Gasteiger partial charge in [-0.3, -0.25) is 9.59 Å². The number of hydrogen-bond donors (Lipinski definition) is 2. The van der Waals surface area contributed by atoms with Gasteiger partial charge in [-0.25, -0.2) is 0 Å². The van der Waals surface area contributed by atoms with E-state index >= 15 is 0 Å². The van der Waals surface area contributed by atoms with E-state index in [1.165, 1.54) is 13.0 Å². The maximum atomic E-state index is 12.3. The Hall–Kier alpha value is -1.96. The van der Waals surface area contributed by atoms with Gasteiger partial charge in [-0.15, -0.1) is 0 Å². The molecule has 2 N–H and O–H groups in total. The van der Waals surface area contributed by atoms with E-state index < -0.39 is 6.10 Å². The first-order valence-corrected chi connectivity index (χ1v) is 12.1. The molecule has 0 saturated carbocycles. The van der Waals surface area contributed by atoms with Gasteiger partial charge in [0, 0.05) is 26.2 Å². The van der Waals surface area contributed by atoms with Crippen LogP contribution in [0.4, 0.5) is 0 Å². The molecule has 0 spiro atoms. The molecular weight excluding hydrogens is 422 g/mol. The molecule has 0 aromatic carbocycles. The Bertz CT molecular complexity index is 730. The highest BCUT2D eigenvalue weighted by molar-refractivity contribution is 5.87. The van der Waals surface area contributed by atoms with Gasteiger partial charge in [-0.1, -0.05) is 30.7 Å². The zero-order valence-corrected chi connectivity index (χ0v) is 20.7. The molecule has 2 fully saturated rings. The summed E-state index contributed by atoms with van der Waals surface area (Å²) in [6, 6.07) is -0.0645. The first kappa shape index (κ1) is 27.3. The average molecular weight is 464 g/mol. The van der Waals surface area contributed by atoms with Crippen LogP contribution in [0.25, 0.3) is 0 Å². The average Bonchev–Trinajstić information content (AvgIpc) is 2.77. The predicted octanol–water partition coefficient (Wildman–Crippen LogP) is 3.47. The summed E-state index contributed by atoms with van der Waals surface area (Å²) in [4.78, 5) is 23.2. The second kappa shape index (κ2) is 13.7. The molecule has 0 aromatic heterocycles. The van der Waals surface area contributed by atoms with Crippen LogP contribution in [0, 0.1) is 11.8 Å². The molecule has 7 atom stereocenters. The Morgan fingerprint density at radius 2 is 1.97 bits per heavy atom. The van der Waals surface area contributed by atoms with E-state index in [2.05, 4.69) is 37.4 Å². The number of ether oxygens (including phenoxy) is 3. The van der Waals surface area contributed by atoms with E-state index in [4.69, 9.17) is 14.2 Å². The van der Waals surface area contributed by atoms with E-state index in [1.54, 1.807) is 13.0 Å². The molecule has 1 amide bonds. The van der Waals surface area contributed by atoms with Gasteiger partial charge < -0.3 is 24.6 Å². The Balaban J connectivity index is 1.80. The van der Waals surface area contributed by atoms with Gasteiger partial charge in [0.2, 0.25) is 5.91 Å². The first-order valence-electron chi connectivity index (χ1n) is 12.1. The molecule has 2 heterocycles. The Labute approximate surface area is 198 Å². The van der Waals surface area contributed by atoms with Gasteiger partial charge in [-0.2, -0.15) is 0 Å². The second-order valence-electron chi connectivity index (χ2n) is 9.41. The van der Waals surface area contributed by atoms with Gasteiger partial charge in [0.05, 0.1) is 24.4 Å². The summed E-state index contributed by atoms with van der Waals surface area (Å²) in [5, 5.41) is 12.4. The van der Waals surface area contributed by atoms with Crippen LogP contribution in [0.1, 0.15) is 60.3 Å². The molecule has 2 saturated heterocycles. The molecule has 4 unspecified atom stereocenters. The summed E-state index contributed by atoms with van der Waals surface area (Å²) in [6.45, 7) is 10.2. The van der Waals surface area contributed by atoms with Gasteiger partial charge in [0.25, 0.3) is 0 Å². The van der Waals surface area contributed by atoms with Crippen molar-refractivity contribution in [1.82, 2.24) is 5.32 Å². The Kier molecular flexibility index (Phi) is 11.3. The summed E-state index contributed by atoms with van der Waals surface area (Å²) in [5.41, 5.74) is 1.16. The standard InChI is InChI=1S/C26H41NO6/c1-17(6-9-23-15-22(16-28)12-13-31-23)7-10-25-18(2)14-24(20(4)33-25)27-26(30)11-8-19(3)32-21(5)29/h6-9,11,18-20,22-25,28H,10,12-16H2,1-5H3,(H,27,30)/b9-6+,11-8-,17-7+/t18-,19?,20?,22?,23+,24?,25-/m0/s1. The van der Waals surface area contributed by atoms with Gasteiger partial charge in [0.1, 0.15) is 6.10 Å². The lowest BCUT2D eigenvalue weighted by molar-refractivity contribution is -0.143. The molecule has 2 aliphatic heterocycles. The third-order valence-electron chi connectivity index (χ3n) is 6.34. The number of hydrogen-bond acceptors (Lipinski definition) is 6. The summed E-state index contributed by atoms with van der Waals surface area (Å²) in [5.74, 6) is 0.0424. The van der Waals surface area contributed by atoms with Crippen molar-refractivity contribution in [3.8, 4) is 0 Å². The third kappa shape index (κ3) is 9.82.